The van der Waals surface area contributed by atoms with Crippen LogP contribution in [0, 0.1) is 17.1 Å². The first-order valence-electron chi connectivity index (χ1n) is 10.8. The molecule has 1 heterocycles. The molecular weight excluding hydrogens is 429 g/mol. The summed E-state index contributed by atoms with van der Waals surface area (Å²) in [5, 5.41) is 9.04. The summed E-state index contributed by atoms with van der Waals surface area (Å²) < 4.78 is 15.3. The second-order valence-corrected chi connectivity index (χ2v) is 7.94. The van der Waals surface area contributed by atoms with E-state index in [4.69, 9.17) is 5.26 Å². The number of carbonyl (C=O) groups excluding carboxylic acids is 1. The third kappa shape index (κ3) is 5.45. The van der Waals surface area contributed by atoms with Gasteiger partial charge in [-0.25, -0.2) is 4.39 Å². The van der Waals surface area contributed by atoms with E-state index in [2.05, 4.69) is 6.07 Å². The van der Waals surface area contributed by atoms with Gasteiger partial charge in [0.05, 0.1) is 18.2 Å². The Morgan fingerprint density at radius 1 is 0.853 bits per heavy atom. The standard InChI is InChI=1S/C28H22FN3O2/c29-25-9-4-8-24(16-25)20-32(19-23-13-11-21(17-30)12-14-23)28(34)26-10-5-15-31(27(26)33)18-22-6-2-1-3-7-22/h1-16H,18-20H2. The number of hydrogen-bond acceptors (Lipinski definition) is 3. The van der Waals surface area contributed by atoms with Crippen molar-refractivity contribution in [3.63, 3.8) is 0 Å². The smallest absolute Gasteiger partial charge is 0.263 e. The molecule has 5 nitrogen and oxygen atoms in total. The van der Waals surface area contributed by atoms with Crippen LogP contribution in [0.15, 0.2) is 102 Å². The molecule has 0 atom stereocenters. The second kappa shape index (κ2) is 10.4. The molecule has 1 amide bonds. The van der Waals surface area contributed by atoms with E-state index < -0.39 is 11.7 Å². The fraction of sp³-hybridized carbons (Fsp3) is 0.107. The maximum atomic E-state index is 13.8. The van der Waals surface area contributed by atoms with Crippen LogP contribution in [-0.2, 0) is 19.6 Å². The maximum Gasteiger partial charge on any atom is 0.263 e. The Balaban J connectivity index is 1.66. The Kier molecular flexibility index (Phi) is 6.95. The van der Waals surface area contributed by atoms with E-state index in [0.717, 1.165) is 11.1 Å². The molecule has 0 bridgehead atoms. The molecule has 0 fully saturated rings. The van der Waals surface area contributed by atoms with Gasteiger partial charge in [-0.05, 0) is 53.1 Å². The summed E-state index contributed by atoms with van der Waals surface area (Å²) in [5.41, 5.74) is 2.53. The number of nitrogens with zero attached hydrogens (tertiary/aromatic N) is 3. The summed E-state index contributed by atoms with van der Waals surface area (Å²) in [4.78, 5) is 28.2. The average molecular weight is 452 g/mol. The van der Waals surface area contributed by atoms with E-state index in [0.29, 0.717) is 17.7 Å². The van der Waals surface area contributed by atoms with Gasteiger partial charge in [-0.1, -0.05) is 54.6 Å². The Bertz CT molecular complexity index is 1390. The summed E-state index contributed by atoms with van der Waals surface area (Å²) in [7, 11) is 0. The zero-order chi connectivity index (χ0) is 23.9. The summed E-state index contributed by atoms with van der Waals surface area (Å²) >= 11 is 0. The summed E-state index contributed by atoms with van der Waals surface area (Å²) in [6, 6.07) is 27.7. The van der Waals surface area contributed by atoms with Gasteiger partial charge < -0.3 is 9.47 Å². The molecule has 0 radical (unpaired) electrons. The van der Waals surface area contributed by atoms with E-state index in [1.54, 1.807) is 48.7 Å². The summed E-state index contributed by atoms with van der Waals surface area (Å²) in [6.45, 7) is 0.679. The summed E-state index contributed by atoms with van der Waals surface area (Å²) in [5.74, 6) is -0.839. The van der Waals surface area contributed by atoms with Crippen molar-refractivity contribution in [2.75, 3.05) is 0 Å². The largest absolute Gasteiger partial charge is 0.330 e. The minimum absolute atomic E-state index is 0.0449. The van der Waals surface area contributed by atoms with Crippen molar-refractivity contribution in [2.24, 2.45) is 0 Å². The number of nitriles is 1. The highest BCUT2D eigenvalue weighted by Gasteiger charge is 2.21. The fourth-order valence-electron chi connectivity index (χ4n) is 3.73. The predicted molar refractivity (Wildman–Crippen MR) is 127 cm³/mol. The van der Waals surface area contributed by atoms with Crippen LogP contribution in [0.25, 0.3) is 0 Å². The number of aromatic nitrogens is 1. The molecule has 4 aromatic rings. The van der Waals surface area contributed by atoms with Crippen LogP contribution >= 0.6 is 0 Å². The lowest BCUT2D eigenvalue weighted by molar-refractivity contribution is 0.0727. The number of benzene rings is 3. The third-order valence-electron chi connectivity index (χ3n) is 5.45. The highest BCUT2D eigenvalue weighted by molar-refractivity contribution is 5.93. The SMILES string of the molecule is N#Cc1ccc(CN(Cc2cccc(F)c2)C(=O)c2cccn(Cc3ccccc3)c2=O)cc1. The number of hydrogen-bond donors (Lipinski definition) is 0. The first kappa shape index (κ1) is 22.7. The molecule has 0 aliphatic rings. The number of carbonyl (C=O) groups is 1. The molecule has 0 spiro atoms. The highest BCUT2D eigenvalue weighted by Crippen LogP contribution is 2.15. The molecule has 168 valence electrons. The van der Waals surface area contributed by atoms with E-state index in [1.807, 2.05) is 30.3 Å². The third-order valence-corrected chi connectivity index (χ3v) is 5.45. The fourth-order valence-corrected chi connectivity index (χ4v) is 3.73. The quantitative estimate of drug-likeness (QED) is 0.407. The van der Waals surface area contributed by atoms with Crippen LogP contribution in [0.2, 0.25) is 0 Å². The molecule has 0 saturated heterocycles. The van der Waals surface area contributed by atoms with E-state index in [9.17, 15) is 14.0 Å². The van der Waals surface area contributed by atoms with Gasteiger partial charge in [-0.3, -0.25) is 9.59 Å². The van der Waals surface area contributed by atoms with Gasteiger partial charge in [0.2, 0.25) is 0 Å². The van der Waals surface area contributed by atoms with Crippen LogP contribution in [0.4, 0.5) is 4.39 Å². The molecule has 1 aromatic heterocycles. The van der Waals surface area contributed by atoms with Crippen molar-refractivity contribution in [3.05, 3.63) is 141 Å². The van der Waals surface area contributed by atoms with Crippen LogP contribution in [-0.4, -0.2) is 15.4 Å². The molecule has 34 heavy (non-hydrogen) atoms. The lowest BCUT2D eigenvalue weighted by Gasteiger charge is -2.23. The van der Waals surface area contributed by atoms with E-state index in [-0.39, 0.29) is 24.2 Å². The second-order valence-electron chi connectivity index (χ2n) is 7.94. The van der Waals surface area contributed by atoms with Crippen molar-refractivity contribution in [1.82, 2.24) is 9.47 Å². The molecule has 0 aliphatic heterocycles. The normalized spacial score (nSPS) is 10.5. The van der Waals surface area contributed by atoms with Gasteiger partial charge in [-0.15, -0.1) is 0 Å². The lowest BCUT2D eigenvalue weighted by Crippen LogP contribution is -2.36. The van der Waals surface area contributed by atoms with E-state index in [1.165, 1.54) is 27.7 Å². The minimum atomic E-state index is -0.443. The van der Waals surface area contributed by atoms with Gasteiger partial charge in [0.15, 0.2) is 0 Å². The van der Waals surface area contributed by atoms with Gasteiger partial charge in [0.1, 0.15) is 11.4 Å². The number of pyridine rings is 1. The van der Waals surface area contributed by atoms with Crippen molar-refractivity contribution < 1.29 is 9.18 Å². The zero-order valence-corrected chi connectivity index (χ0v) is 18.4. The van der Waals surface area contributed by atoms with Crippen molar-refractivity contribution >= 4 is 5.91 Å². The van der Waals surface area contributed by atoms with Crippen LogP contribution in [0.3, 0.4) is 0 Å². The van der Waals surface area contributed by atoms with Crippen molar-refractivity contribution in [3.8, 4) is 6.07 Å². The molecule has 0 N–H and O–H groups in total. The van der Waals surface area contributed by atoms with Crippen LogP contribution < -0.4 is 5.56 Å². The Morgan fingerprint density at radius 3 is 2.26 bits per heavy atom. The first-order valence-corrected chi connectivity index (χ1v) is 10.8. The Hall–Kier alpha value is -4.50. The van der Waals surface area contributed by atoms with Crippen molar-refractivity contribution in [2.45, 2.75) is 19.6 Å². The Morgan fingerprint density at radius 2 is 1.56 bits per heavy atom. The Labute approximate surface area is 196 Å². The molecule has 0 aliphatic carbocycles. The van der Waals surface area contributed by atoms with Gasteiger partial charge >= 0.3 is 0 Å². The topological polar surface area (TPSA) is 66.1 Å². The molecule has 4 rings (SSSR count). The number of rotatable bonds is 7. The molecule has 6 heteroatoms. The van der Waals surface area contributed by atoms with E-state index >= 15 is 0 Å². The van der Waals surface area contributed by atoms with Gasteiger partial charge in [0.25, 0.3) is 11.5 Å². The summed E-state index contributed by atoms with van der Waals surface area (Å²) in [6.07, 6.45) is 1.66. The zero-order valence-electron chi connectivity index (χ0n) is 18.4. The molecular formula is C28H22FN3O2. The van der Waals surface area contributed by atoms with Gasteiger partial charge in [-0.2, -0.15) is 5.26 Å². The monoisotopic (exact) mass is 451 g/mol. The predicted octanol–water partition coefficient (Wildman–Crippen LogP) is 4.75. The maximum absolute atomic E-state index is 13.8. The highest BCUT2D eigenvalue weighted by atomic mass is 19.1. The number of halogens is 1. The molecule has 3 aromatic carbocycles. The van der Waals surface area contributed by atoms with Gasteiger partial charge in [0, 0.05) is 19.3 Å². The lowest BCUT2D eigenvalue weighted by atomic mass is 10.1. The average Bonchev–Trinajstić information content (AvgIpc) is 2.86. The van der Waals surface area contributed by atoms with Crippen LogP contribution in [0.1, 0.15) is 32.6 Å². The van der Waals surface area contributed by atoms with Crippen molar-refractivity contribution in [1.29, 1.82) is 5.26 Å². The minimum Gasteiger partial charge on any atom is -0.330 e. The van der Waals surface area contributed by atoms with Crippen LogP contribution in [0.5, 0.6) is 0 Å². The molecule has 0 unspecified atom stereocenters. The first-order chi connectivity index (χ1) is 16.5. The number of amides is 1. The molecule has 0 saturated carbocycles.